The number of aromatic nitrogens is 1. The van der Waals surface area contributed by atoms with Crippen LogP contribution in [-0.4, -0.2) is 34.9 Å². The number of nitrogens with zero attached hydrogens (tertiary/aromatic N) is 3. The van der Waals surface area contributed by atoms with E-state index in [1.807, 2.05) is 0 Å². The molecule has 1 aromatic heterocycles. The Balaban J connectivity index is 1.90. The summed E-state index contributed by atoms with van der Waals surface area (Å²) in [7, 11) is 0. The summed E-state index contributed by atoms with van der Waals surface area (Å²) >= 11 is 1.28. The lowest BCUT2D eigenvalue weighted by Crippen LogP contribution is -2.42. The zero-order valence-corrected chi connectivity index (χ0v) is 12.6. The molecule has 0 unspecified atom stereocenters. The van der Waals surface area contributed by atoms with Crippen molar-refractivity contribution in [3.63, 3.8) is 0 Å². The largest absolute Gasteiger partial charge is 0.324 e. The highest BCUT2D eigenvalue weighted by Gasteiger charge is 2.28. The van der Waals surface area contributed by atoms with Gasteiger partial charge in [0.2, 0.25) is 5.91 Å². The van der Waals surface area contributed by atoms with E-state index in [1.54, 1.807) is 22.5 Å². The summed E-state index contributed by atoms with van der Waals surface area (Å²) < 4.78 is 13.9. The molecule has 0 aliphatic carbocycles. The summed E-state index contributed by atoms with van der Waals surface area (Å²) in [6.45, 7) is 0.699. The third-order valence-electron chi connectivity index (χ3n) is 3.48. The predicted octanol–water partition coefficient (Wildman–Crippen LogP) is 2.51. The van der Waals surface area contributed by atoms with Crippen molar-refractivity contribution in [3.05, 3.63) is 47.2 Å². The van der Waals surface area contributed by atoms with Crippen molar-refractivity contribution in [2.75, 3.05) is 18.1 Å². The number of hydrogen-bond donors (Lipinski definition) is 0. The van der Waals surface area contributed by atoms with Crippen molar-refractivity contribution in [3.8, 4) is 0 Å². The molecule has 2 heterocycles. The molecule has 0 radical (unpaired) electrons. The van der Waals surface area contributed by atoms with Gasteiger partial charge in [-0.3, -0.25) is 14.5 Å². The number of carbonyl (C=O) groups is 2. The molecule has 1 aromatic carbocycles. The van der Waals surface area contributed by atoms with Gasteiger partial charge in [0.25, 0.3) is 5.91 Å². The van der Waals surface area contributed by atoms with Crippen LogP contribution in [0.4, 0.5) is 9.52 Å². The van der Waals surface area contributed by atoms with E-state index >= 15 is 0 Å². The Hall–Kier alpha value is -2.28. The first-order valence-electron chi connectivity index (χ1n) is 6.90. The minimum absolute atomic E-state index is 0.00268. The van der Waals surface area contributed by atoms with Gasteiger partial charge in [0.05, 0.1) is 5.56 Å². The molecule has 22 heavy (non-hydrogen) atoms. The molecule has 1 aliphatic heterocycles. The van der Waals surface area contributed by atoms with Crippen LogP contribution in [0.5, 0.6) is 0 Å². The first kappa shape index (κ1) is 14.6. The van der Waals surface area contributed by atoms with E-state index in [1.165, 1.54) is 34.4 Å². The van der Waals surface area contributed by atoms with Crippen molar-refractivity contribution < 1.29 is 14.0 Å². The van der Waals surface area contributed by atoms with Crippen molar-refractivity contribution >= 4 is 28.3 Å². The van der Waals surface area contributed by atoms with Crippen LogP contribution in [0.25, 0.3) is 0 Å². The third-order valence-corrected chi connectivity index (χ3v) is 4.28. The van der Waals surface area contributed by atoms with Gasteiger partial charge in [-0.2, -0.15) is 0 Å². The highest BCUT2D eigenvalue weighted by molar-refractivity contribution is 7.13. The molecule has 114 valence electrons. The van der Waals surface area contributed by atoms with Crippen molar-refractivity contribution in [1.29, 1.82) is 0 Å². The van der Waals surface area contributed by atoms with E-state index in [-0.39, 0.29) is 18.1 Å². The quantitative estimate of drug-likeness (QED) is 0.870. The van der Waals surface area contributed by atoms with Crippen molar-refractivity contribution in [2.45, 2.75) is 12.8 Å². The van der Waals surface area contributed by atoms with Crippen LogP contribution in [0, 0.1) is 5.82 Å². The maximum Gasteiger partial charge on any atom is 0.264 e. The van der Waals surface area contributed by atoms with Crippen LogP contribution in [0.2, 0.25) is 0 Å². The molecule has 1 saturated heterocycles. The normalized spacial score (nSPS) is 14.4. The molecule has 3 rings (SSSR count). The first-order chi connectivity index (χ1) is 10.7. The molecular weight excluding hydrogens is 305 g/mol. The number of carbonyl (C=O) groups excluding carboxylic acids is 2. The minimum atomic E-state index is -0.582. The number of thiazole rings is 1. The standard InChI is InChI=1S/C15H14FN3O2S/c16-12-5-2-1-4-11(12)14(21)19(15-17-7-9-22-15)10-18-8-3-6-13(18)20/h1-2,4-5,7,9H,3,6,8,10H2. The smallest absolute Gasteiger partial charge is 0.264 e. The van der Waals surface area contributed by atoms with E-state index in [9.17, 15) is 14.0 Å². The first-order valence-corrected chi connectivity index (χ1v) is 7.78. The zero-order valence-electron chi connectivity index (χ0n) is 11.7. The SMILES string of the molecule is O=C1CCCN1CN(C(=O)c1ccccc1F)c1nccs1. The second-order valence-corrected chi connectivity index (χ2v) is 5.80. The molecule has 1 fully saturated rings. The van der Waals surface area contributed by atoms with Crippen molar-refractivity contribution in [1.82, 2.24) is 9.88 Å². The van der Waals surface area contributed by atoms with Crippen LogP contribution >= 0.6 is 11.3 Å². The molecule has 2 aromatic rings. The van der Waals surface area contributed by atoms with Crippen molar-refractivity contribution in [2.24, 2.45) is 0 Å². The molecule has 2 amide bonds. The lowest BCUT2D eigenvalue weighted by molar-refractivity contribution is -0.127. The monoisotopic (exact) mass is 319 g/mol. The maximum absolute atomic E-state index is 13.9. The van der Waals surface area contributed by atoms with Gasteiger partial charge in [-0.15, -0.1) is 11.3 Å². The summed E-state index contributed by atoms with van der Waals surface area (Å²) in [5.74, 6) is -1.07. The molecule has 7 heteroatoms. The van der Waals surface area contributed by atoms with Gasteiger partial charge in [-0.05, 0) is 18.6 Å². The minimum Gasteiger partial charge on any atom is -0.324 e. The second-order valence-electron chi connectivity index (χ2n) is 4.93. The molecule has 0 saturated carbocycles. The Labute approximate surface area is 131 Å². The number of anilines is 1. The average molecular weight is 319 g/mol. The maximum atomic E-state index is 13.9. The zero-order chi connectivity index (χ0) is 15.5. The Kier molecular flexibility index (Phi) is 4.15. The van der Waals surface area contributed by atoms with Crippen LogP contribution in [-0.2, 0) is 4.79 Å². The van der Waals surface area contributed by atoms with E-state index < -0.39 is 11.7 Å². The molecule has 1 aliphatic rings. The number of amides is 2. The van der Waals surface area contributed by atoms with E-state index in [0.29, 0.717) is 18.1 Å². The summed E-state index contributed by atoms with van der Waals surface area (Å²) in [5.41, 5.74) is -0.0238. The van der Waals surface area contributed by atoms with E-state index in [4.69, 9.17) is 0 Å². The number of halogens is 1. The van der Waals surface area contributed by atoms with Gasteiger partial charge in [0.1, 0.15) is 12.5 Å². The second kappa shape index (κ2) is 6.23. The summed E-state index contributed by atoms with van der Waals surface area (Å²) in [6.07, 6.45) is 2.84. The average Bonchev–Trinajstić information content (AvgIpc) is 3.16. The Morgan fingerprint density at radius 2 is 2.23 bits per heavy atom. The van der Waals surface area contributed by atoms with Crippen LogP contribution in [0.3, 0.4) is 0 Å². The van der Waals surface area contributed by atoms with Crippen LogP contribution in [0.1, 0.15) is 23.2 Å². The number of benzene rings is 1. The number of hydrogen-bond acceptors (Lipinski definition) is 4. The van der Waals surface area contributed by atoms with Gasteiger partial charge in [0, 0.05) is 24.5 Å². The lowest BCUT2D eigenvalue weighted by atomic mass is 10.2. The third kappa shape index (κ3) is 2.85. The molecule has 5 nitrogen and oxygen atoms in total. The van der Waals surface area contributed by atoms with Gasteiger partial charge < -0.3 is 4.90 Å². The highest BCUT2D eigenvalue weighted by Crippen LogP contribution is 2.23. The van der Waals surface area contributed by atoms with Gasteiger partial charge in [-0.1, -0.05) is 12.1 Å². The Morgan fingerprint density at radius 3 is 2.86 bits per heavy atom. The fourth-order valence-electron chi connectivity index (χ4n) is 2.37. The summed E-state index contributed by atoms with van der Waals surface area (Å²) in [5, 5.41) is 2.19. The molecular formula is C15H14FN3O2S. The number of rotatable bonds is 4. The fourth-order valence-corrected chi connectivity index (χ4v) is 3.00. The molecule has 0 N–H and O–H groups in total. The summed E-state index contributed by atoms with van der Waals surface area (Å²) in [4.78, 5) is 31.5. The molecule has 0 bridgehead atoms. The topological polar surface area (TPSA) is 53.5 Å². The Bertz CT molecular complexity index is 690. The van der Waals surface area contributed by atoms with Crippen LogP contribution < -0.4 is 4.90 Å². The predicted molar refractivity (Wildman–Crippen MR) is 81.1 cm³/mol. The fraction of sp³-hybridized carbons (Fsp3) is 0.267. The molecule has 0 spiro atoms. The Morgan fingerprint density at radius 1 is 1.41 bits per heavy atom. The van der Waals surface area contributed by atoms with E-state index in [2.05, 4.69) is 4.98 Å². The van der Waals surface area contributed by atoms with Gasteiger partial charge in [0.15, 0.2) is 5.13 Å². The van der Waals surface area contributed by atoms with Crippen LogP contribution in [0.15, 0.2) is 35.8 Å². The van der Waals surface area contributed by atoms with Gasteiger partial charge >= 0.3 is 0 Å². The van der Waals surface area contributed by atoms with E-state index in [0.717, 1.165) is 6.42 Å². The number of likely N-dealkylation sites (tertiary alicyclic amines) is 1. The van der Waals surface area contributed by atoms with Gasteiger partial charge in [-0.25, -0.2) is 9.37 Å². The summed E-state index contributed by atoms with van der Waals surface area (Å²) in [6, 6.07) is 5.82. The molecule has 0 atom stereocenters. The highest BCUT2D eigenvalue weighted by atomic mass is 32.1. The lowest BCUT2D eigenvalue weighted by Gasteiger charge is -2.26.